The van der Waals surface area contributed by atoms with Gasteiger partial charge in [0, 0.05) is 12.1 Å². The molecule has 0 bridgehead atoms. The van der Waals surface area contributed by atoms with Crippen LogP contribution in [0.3, 0.4) is 0 Å². The summed E-state index contributed by atoms with van der Waals surface area (Å²) in [6, 6.07) is 2.23. The third-order valence-corrected chi connectivity index (χ3v) is 2.19. The predicted molar refractivity (Wildman–Crippen MR) is 51.0 cm³/mol. The molecule has 0 aromatic carbocycles. The minimum Gasteiger partial charge on any atom is -0.472 e. The van der Waals surface area contributed by atoms with Gasteiger partial charge in [-0.3, -0.25) is 0 Å². The number of nitrogens with one attached hydrogen (secondary N) is 1. The van der Waals surface area contributed by atoms with Crippen molar-refractivity contribution in [3.05, 3.63) is 24.2 Å². The molecule has 78 valence electrons. The fourth-order valence-corrected chi connectivity index (χ4v) is 1.39. The Morgan fingerprint density at radius 3 is 2.71 bits per heavy atom. The van der Waals surface area contributed by atoms with Gasteiger partial charge in [-0.2, -0.15) is 0 Å². The zero-order valence-corrected chi connectivity index (χ0v) is 8.07. The highest BCUT2D eigenvalue weighted by atomic mass is 16.5. The van der Waals surface area contributed by atoms with Crippen LogP contribution in [-0.4, -0.2) is 32.5 Å². The molecule has 1 aliphatic heterocycles. The topological polar surface area (TPSA) is 43.6 Å². The number of hydrogen-bond acceptors (Lipinski definition) is 4. The molecule has 1 aliphatic rings. The smallest absolute Gasteiger partial charge is 0.0947 e. The zero-order valence-electron chi connectivity index (χ0n) is 8.07. The van der Waals surface area contributed by atoms with Crippen molar-refractivity contribution in [2.24, 2.45) is 0 Å². The van der Waals surface area contributed by atoms with E-state index >= 15 is 0 Å². The molecule has 0 atom stereocenters. The van der Waals surface area contributed by atoms with Gasteiger partial charge in [0.05, 0.1) is 45.0 Å². The first kappa shape index (κ1) is 9.71. The molecule has 1 N–H and O–H groups in total. The van der Waals surface area contributed by atoms with Crippen molar-refractivity contribution < 1.29 is 13.9 Å². The van der Waals surface area contributed by atoms with Gasteiger partial charge in [-0.25, -0.2) is 0 Å². The fourth-order valence-electron chi connectivity index (χ4n) is 1.39. The maximum Gasteiger partial charge on any atom is 0.0947 e. The predicted octanol–water partition coefficient (Wildman–Crippen LogP) is 0.785. The van der Waals surface area contributed by atoms with E-state index in [0.29, 0.717) is 13.2 Å². The van der Waals surface area contributed by atoms with Crippen molar-refractivity contribution in [3.63, 3.8) is 0 Å². The number of ether oxygens (including phenoxy) is 2. The summed E-state index contributed by atoms with van der Waals surface area (Å²) in [5, 5.41) is 3.35. The van der Waals surface area contributed by atoms with Gasteiger partial charge in [-0.05, 0) is 6.07 Å². The van der Waals surface area contributed by atoms with E-state index in [2.05, 4.69) is 5.32 Å². The Balaban J connectivity index is 1.73. The van der Waals surface area contributed by atoms with Gasteiger partial charge in [0.1, 0.15) is 0 Å². The van der Waals surface area contributed by atoms with Gasteiger partial charge in [-0.1, -0.05) is 0 Å². The van der Waals surface area contributed by atoms with Crippen molar-refractivity contribution in [2.45, 2.75) is 12.6 Å². The van der Waals surface area contributed by atoms with E-state index in [1.165, 1.54) is 0 Å². The first-order valence-corrected chi connectivity index (χ1v) is 4.85. The maximum absolute atomic E-state index is 5.37. The second-order valence-electron chi connectivity index (χ2n) is 3.36. The molecule has 0 aliphatic carbocycles. The molecule has 0 spiro atoms. The first-order chi connectivity index (χ1) is 6.95. The minimum absolute atomic E-state index is 0.285. The van der Waals surface area contributed by atoms with E-state index in [0.717, 1.165) is 25.3 Å². The van der Waals surface area contributed by atoms with Crippen LogP contribution in [0.2, 0.25) is 0 Å². The Kier molecular flexibility index (Phi) is 3.57. The summed E-state index contributed by atoms with van der Waals surface area (Å²) in [5.74, 6) is 0. The van der Waals surface area contributed by atoms with Gasteiger partial charge in [-0.15, -0.1) is 0 Å². The second kappa shape index (κ2) is 5.14. The lowest BCUT2D eigenvalue weighted by Crippen LogP contribution is -2.35. The summed E-state index contributed by atoms with van der Waals surface area (Å²) >= 11 is 0. The summed E-state index contributed by atoms with van der Waals surface area (Å²) in [6.07, 6.45) is 3.42. The Bertz CT molecular complexity index is 240. The average Bonchev–Trinajstić information content (AvgIpc) is 2.58. The Labute approximate surface area is 83.2 Å². The normalized spacial score (nSPS) is 19.4. The number of furan rings is 1. The molecule has 1 fully saturated rings. The monoisotopic (exact) mass is 197 g/mol. The van der Waals surface area contributed by atoms with E-state index in [4.69, 9.17) is 13.9 Å². The van der Waals surface area contributed by atoms with Crippen LogP contribution in [0.4, 0.5) is 0 Å². The summed E-state index contributed by atoms with van der Waals surface area (Å²) < 4.78 is 15.7. The van der Waals surface area contributed by atoms with Gasteiger partial charge in [0.25, 0.3) is 0 Å². The molecule has 0 radical (unpaired) electrons. The first-order valence-electron chi connectivity index (χ1n) is 4.85. The van der Waals surface area contributed by atoms with Gasteiger partial charge < -0.3 is 19.2 Å². The van der Waals surface area contributed by atoms with Crippen molar-refractivity contribution in [1.29, 1.82) is 0 Å². The van der Waals surface area contributed by atoms with E-state index in [9.17, 15) is 0 Å². The van der Waals surface area contributed by atoms with Crippen molar-refractivity contribution in [2.75, 3.05) is 26.4 Å². The zero-order chi connectivity index (χ0) is 9.64. The lowest BCUT2D eigenvalue weighted by Gasteiger charge is -2.14. The summed E-state index contributed by atoms with van der Waals surface area (Å²) in [4.78, 5) is 0. The highest BCUT2D eigenvalue weighted by Gasteiger charge is 2.11. The molecule has 14 heavy (non-hydrogen) atoms. The number of hydrogen-bond donors (Lipinski definition) is 1. The molecule has 2 rings (SSSR count). The lowest BCUT2D eigenvalue weighted by atomic mass is 10.3. The van der Waals surface area contributed by atoms with Gasteiger partial charge in [0.2, 0.25) is 0 Å². The molecule has 0 saturated carbocycles. The van der Waals surface area contributed by atoms with Crippen LogP contribution in [0.15, 0.2) is 23.0 Å². The molecule has 1 aromatic rings. The Morgan fingerprint density at radius 1 is 1.29 bits per heavy atom. The van der Waals surface area contributed by atoms with E-state index in [1.807, 2.05) is 6.07 Å². The van der Waals surface area contributed by atoms with Crippen molar-refractivity contribution >= 4 is 0 Å². The fraction of sp³-hybridized carbons (Fsp3) is 0.600. The van der Waals surface area contributed by atoms with E-state index in [1.54, 1.807) is 12.5 Å². The summed E-state index contributed by atoms with van der Waals surface area (Å²) in [6.45, 7) is 3.64. The molecular weight excluding hydrogens is 182 g/mol. The molecule has 1 saturated heterocycles. The summed E-state index contributed by atoms with van der Waals surface area (Å²) in [5.41, 5.74) is 1.15. The summed E-state index contributed by atoms with van der Waals surface area (Å²) in [7, 11) is 0. The third kappa shape index (κ3) is 2.83. The molecule has 2 heterocycles. The Hall–Kier alpha value is -0.840. The van der Waals surface area contributed by atoms with Gasteiger partial charge >= 0.3 is 0 Å². The molecule has 0 unspecified atom stereocenters. The highest BCUT2D eigenvalue weighted by Crippen LogP contribution is 2.01. The van der Waals surface area contributed by atoms with Crippen LogP contribution in [0.25, 0.3) is 0 Å². The van der Waals surface area contributed by atoms with Crippen LogP contribution in [0.1, 0.15) is 5.56 Å². The minimum atomic E-state index is 0.285. The van der Waals surface area contributed by atoms with Crippen LogP contribution >= 0.6 is 0 Å². The van der Waals surface area contributed by atoms with Crippen molar-refractivity contribution in [3.8, 4) is 0 Å². The molecule has 1 aromatic heterocycles. The molecular formula is C10H15NO3. The third-order valence-electron chi connectivity index (χ3n) is 2.19. The Morgan fingerprint density at radius 2 is 2.07 bits per heavy atom. The van der Waals surface area contributed by atoms with Crippen LogP contribution in [0.5, 0.6) is 0 Å². The molecule has 4 heteroatoms. The van der Waals surface area contributed by atoms with Gasteiger partial charge in [0.15, 0.2) is 0 Å². The van der Waals surface area contributed by atoms with E-state index in [-0.39, 0.29) is 6.04 Å². The van der Waals surface area contributed by atoms with E-state index < -0.39 is 0 Å². The highest BCUT2D eigenvalue weighted by molar-refractivity contribution is 5.04. The van der Waals surface area contributed by atoms with Crippen LogP contribution in [0, 0.1) is 0 Å². The second-order valence-corrected chi connectivity index (χ2v) is 3.36. The van der Waals surface area contributed by atoms with Crippen LogP contribution < -0.4 is 5.32 Å². The SMILES string of the molecule is c1cc(CNC2COCCOC2)co1. The number of rotatable bonds is 3. The standard InChI is InChI=1S/C10H15NO3/c1-2-12-6-9(1)5-11-10-7-13-3-4-14-8-10/h1-2,6,10-11H,3-5,7-8H2. The maximum atomic E-state index is 5.37. The molecule has 0 amide bonds. The average molecular weight is 197 g/mol. The quantitative estimate of drug-likeness (QED) is 0.777. The van der Waals surface area contributed by atoms with Crippen LogP contribution in [-0.2, 0) is 16.0 Å². The largest absolute Gasteiger partial charge is 0.472 e. The lowest BCUT2D eigenvalue weighted by molar-refractivity contribution is 0.103. The molecule has 4 nitrogen and oxygen atoms in total. The van der Waals surface area contributed by atoms with Crippen molar-refractivity contribution in [1.82, 2.24) is 5.32 Å².